The SMILES string of the molecule is COc1ccc(C(=O)N2CCN(S(=O)(=O)c3ccc4c(c3)CCCC4)CC2)cc1. The largest absolute Gasteiger partial charge is 0.497 e. The zero-order chi connectivity index (χ0) is 20.4. The summed E-state index contributed by atoms with van der Waals surface area (Å²) < 4.78 is 32.8. The molecule has 6 nitrogen and oxygen atoms in total. The molecule has 2 aromatic carbocycles. The number of hydrogen-bond acceptors (Lipinski definition) is 4. The number of nitrogens with zero attached hydrogens (tertiary/aromatic N) is 2. The molecule has 0 unspecified atom stereocenters. The van der Waals surface area contributed by atoms with Crippen LogP contribution in [-0.4, -0.2) is 56.8 Å². The van der Waals surface area contributed by atoms with Gasteiger partial charge in [-0.2, -0.15) is 4.31 Å². The minimum Gasteiger partial charge on any atom is -0.497 e. The van der Waals surface area contributed by atoms with Crippen LogP contribution in [0.15, 0.2) is 47.4 Å². The predicted molar refractivity (Wildman–Crippen MR) is 111 cm³/mol. The smallest absolute Gasteiger partial charge is 0.253 e. The summed E-state index contributed by atoms with van der Waals surface area (Å²) in [6.45, 7) is 1.38. The maximum absolute atomic E-state index is 13.1. The number of fused-ring (bicyclic) bond motifs is 1. The van der Waals surface area contributed by atoms with Crippen LogP contribution in [0.1, 0.15) is 34.3 Å². The average molecular weight is 415 g/mol. The zero-order valence-corrected chi connectivity index (χ0v) is 17.5. The molecule has 1 fully saturated rings. The Hall–Kier alpha value is -2.38. The molecule has 1 aliphatic carbocycles. The van der Waals surface area contributed by atoms with Gasteiger partial charge in [0.05, 0.1) is 12.0 Å². The lowest BCUT2D eigenvalue weighted by Crippen LogP contribution is -2.50. The molecule has 2 aromatic rings. The normalized spacial score (nSPS) is 17.6. The molecule has 4 rings (SSSR count). The van der Waals surface area contributed by atoms with Gasteiger partial charge in [-0.1, -0.05) is 6.07 Å². The molecular weight excluding hydrogens is 388 g/mol. The summed E-state index contributed by atoms with van der Waals surface area (Å²) in [5.41, 5.74) is 3.01. The molecule has 2 aliphatic rings. The Morgan fingerprint density at radius 2 is 1.55 bits per heavy atom. The number of carbonyl (C=O) groups is 1. The van der Waals surface area contributed by atoms with Gasteiger partial charge in [-0.3, -0.25) is 4.79 Å². The van der Waals surface area contributed by atoms with Gasteiger partial charge >= 0.3 is 0 Å². The molecule has 0 saturated carbocycles. The van der Waals surface area contributed by atoms with Crippen molar-refractivity contribution < 1.29 is 17.9 Å². The van der Waals surface area contributed by atoms with Crippen molar-refractivity contribution in [3.05, 3.63) is 59.2 Å². The van der Waals surface area contributed by atoms with E-state index >= 15 is 0 Å². The van der Waals surface area contributed by atoms with E-state index in [9.17, 15) is 13.2 Å². The summed E-state index contributed by atoms with van der Waals surface area (Å²) in [4.78, 5) is 14.8. The maximum Gasteiger partial charge on any atom is 0.253 e. The molecule has 0 radical (unpaired) electrons. The molecule has 7 heteroatoms. The first kappa shape index (κ1) is 19.9. The first-order chi connectivity index (χ1) is 14.0. The Morgan fingerprint density at radius 1 is 0.897 bits per heavy atom. The highest BCUT2D eigenvalue weighted by Gasteiger charge is 2.31. The van der Waals surface area contributed by atoms with Crippen molar-refractivity contribution in [2.24, 2.45) is 0 Å². The second kappa shape index (κ2) is 8.16. The predicted octanol–water partition coefficient (Wildman–Crippen LogP) is 2.72. The number of amides is 1. The third-order valence-electron chi connectivity index (χ3n) is 5.82. The molecule has 0 atom stereocenters. The number of piperazine rings is 1. The zero-order valence-electron chi connectivity index (χ0n) is 16.6. The Balaban J connectivity index is 1.43. The van der Waals surface area contributed by atoms with Crippen LogP contribution in [0, 0.1) is 0 Å². The molecule has 1 aliphatic heterocycles. The summed E-state index contributed by atoms with van der Waals surface area (Å²) in [5, 5.41) is 0. The van der Waals surface area contributed by atoms with Crippen LogP contribution in [0.5, 0.6) is 5.75 Å². The number of aryl methyl sites for hydroxylation is 2. The van der Waals surface area contributed by atoms with E-state index in [1.54, 1.807) is 42.3 Å². The van der Waals surface area contributed by atoms with Gasteiger partial charge < -0.3 is 9.64 Å². The van der Waals surface area contributed by atoms with Crippen LogP contribution in [0.4, 0.5) is 0 Å². The van der Waals surface area contributed by atoms with Gasteiger partial charge in [-0.15, -0.1) is 0 Å². The van der Waals surface area contributed by atoms with Crippen LogP contribution < -0.4 is 4.74 Å². The first-order valence-corrected chi connectivity index (χ1v) is 11.5. The van der Waals surface area contributed by atoms with Crippen molar-refractivity contribution in [2.45, 2.75) is 30.6 Å². The van der Waals surface area contributed by atoms with Crippen LogP contribution in [0.25, 0.3) is 0 Å². The van der Waals surface area contributed by atoms with Gasteiger partial charge in [-0.05, 0) is 73.2 Å². The summed E-state index contributed by atoms with van der Waals surface area (Å²) in [6.07, 6.45) is 4.26. The Labute approximate surface area is 172 Å². The number of carbonyl (C=O) groups excluding carboxylic acids is 1. The van der Waals surface area contributed by atoms with Crippen molar-refractivity contribution in [1.29, 1.82) is 0 Å². The number of rotatable bonds is 4. The Morgan fingerprint density at radius 3 is 2.21 bits per heavy atom. The molecule has 0 bridgehead atoms. The third-order valence-corrected chi connectivity index (χ3v) is 7.72. The molecule has 1 heterocycles. The van der Waals surface area contributed by atoms with Crippen molar-refractivity contribution in [3.63, 3.8) is 0 Å². The van der Waals surface area contributed by atoms with Gasteiger partial charge in [-0.25, -0.2) is 8.42 Å². The molecule has 0 spiro atoms. The lowest BCUT2D eigenvalue weighted by atomic mass is 9.92. The molecule has 0 N–H and O–H groups in total. The fraction of sp³-hybridized carbons (Fsp3) is 0.409. The number of sulfonamides is 1. The summed E-state index contributed by atoms with van der Waals surface area (Å²) >= 11 is 0. The van der Waals surface area contributed by atoms with E-state index in [4.69, 9.17) is 4.74 Å². The highest BCUT2D eigenvalue weighted by molar-refractivity contribution is 7.89. The Kier molecular flexibility index (Phi) is 5.61. The second-order valence-corrected chi connectivity index (χ2v) is 9.50. The molecule has 1 amide bonds. The van der Waals surface area contributed by atoms with E-state index < -0.39 is 10.0 Å². The summed E-state index contributed by atoms with van der Waals surface area (Å²) in [7, 11) is -1.96. The minimum absolute atomic E-state index is 0.0847. The standard InChI is InChI=1S/C22H26N2O4S/c1-28-20-9-6-18(7-10-20)22(25)23-12-14-24(15-13-23)29(26,27)21-11-8-17-4-2-3-5-19(17)16-21/h6-11,16H,2-5,12-15H2,1H3. The van der Waals surface area contributed by atoms with Gasteiger partial charge in [0.25, 0.3) is 5.91 Å². The number of benzene rings is 2. The summed E-state index contributed by atoms with van der Waals surface area (Å²) in [6, 6.07) is 12.5. The molecule has 29 heavy (non-hydrogen) atoms. The van der Waals surface area contributed by atoms with Crippen molar-refractivity contribution in [2.75, 3.05) is 33.3 Å². The van der Waals surface area contributed by atoms with Crippen LogP contribution in [0.2, 0.25) is 0 Å². The van der Waals surface area contributed by atoms with Crippen molar-refractivity contribution >= 4 is 15.9 Å². The van der Waals surface area contributed by atoms with Crippen LogP contribution in [0.3, 0.4) is 0 Å². The van der Waals surface area contributed by atoms with Crippen LogP contribution >= 0.6 is 0 Å². The molecular formula is C22H26N2O4S. The average Bonchev–Trinajstić information content (AvgIpc) is 2.78. The van der Waals surface area contributed by atoms with E-state index in [1.165, 1.54) is 16.3 Å². The van der Waals surface area contributed by atoms with E-state index in [0.29, 0.717) is 42.4 Å². The first-order valence-electron chi connectivity index (χ1n) is 10.0. The van der Waals surface area contributed by atoms with Gasteiger partial charge in [0.1, 0.15) is 5.75 Å². The van der Waals surface area contributed by atoms with Crippen molar-refractivity contribution in [1.82, 2.24) is 9.21 Å². The van der Waals surface area contributed by atoms with Gasteiger partial charge in [0.15, 0.2) is 0 Å². The fourth-order valence-corrected chi connectivity index (χ4v) is 5.54. The number of methoxy groups -OCH3 is 1. The monoisotopic (exact) mass is 414 g/mol. The maximum atomic E-state index is 13.1. The summed E-state index contributed by atoms with van der Waals surface area (Å²) in [5.74, 6) is 0.612. The third kappa shape index (κ3) is 4.02. The highest BCUT2D eigenvalue weighted by atomic mass is 32.2. The molecule has 154 valence electrons. The van der Waals surface area contributed by atoms with E-state index in [-0.39, 0.29) is 5.91 Å². The number of ether oxygens (including phenoxy) is 1. The second-order valence-electron chi connectivity index (χ2n) is 7.56. The van der Waals surface area contributed by atoms with Crippen molar-refractivity contribution in [3.8, 4) is 5.75 Å². The molecule has 1 saturated heterocycles. The topological polar surface area (TPSA) is 66.9 Å². The van der Waals surface area contributed by atoms with Gasteiger partial charge in [0, 0.05) is 31.7 Å². The van der Waals surface area contributed by atoms with E-state index in [2.05, 4.69) is 0 Å². The van der Waals surface area contributed by atoms with Gasteiger partial charge in [0.2, 0.25) is 10.0 Å². The highest BCUT2D eigenvalue weighted by Crippen LogP contribution is 2.26. The Bertz CT molecular complexity index is 994. The van der Waals surface area contributed by atoms with E-state index in [0.717, 1.165) is 24.8 Å². The lowest BCUT2D eigenvalue weighted by molar-refractivity contribution is 0.0698. The van der Waals surface area contributed by atoms with Crippen LogP contribution in [-0.2, 0) is 22.9 Å². The lowest BCUT2D eigenvalue weighted by Gasteiger charge is -2.34. The quantitative estimate of drug-likeness (QED) is 0.772. The number of hydrogen-bond donors (Lipinski definition) is 0. The molecule has 0 aromatic heterocycles. The fourth-order valence-electron chi connectivity index (χ4n) is 4.07. The van der Waals surface area contributed by atoms with E-state index in [1.807, 2.05) is 12.1 Å². The minimum atomic E-state index is -3.54.